The van der Waals surface area contributed by atoms with Gasteiger partial charge >= 0.3 is 35.5 Å². The first-order valence-corrected chi connectivity index (χ1v) is 8.25. The summed E-state index contributed by atoms with van der Waals surface area (Å²) in [6.45, 7) is 5.31. The summed E-state index contributed by atoms with van der Waals surface area (Å²) in [7, 11) is 0. The number of benzene rings is 1. The molecule has 0 saturated carbocycles. The molecule has 1 aliphatic heterocycles. The predicted molar refractivity (Wildman–Crippen MR) is 91.0 cm³/mol. The zero-order valence-corrected chi connectivity index (χ0v) is 18.2. The number of nitro groups is 1. The molecule has 1 heterocycles. The monoisotopic (exact) mass is 401 g/mol. The van der Waals surface area contributed by atoms with Crippen molar-refractivity contribution in [3.8, 4) is 0 Å². The maximum Gasteiger partial charge on any atom is 1.00 e. The van der Waals surface area contributed by atoms with Crippen molar-refractivity contribution in [1.82, 2.24) is 10.2 Å². The van der Waals surface area contributed by atoms with Gasteiger partial charge in [0.1, 0.15) is 5.60 Å². The number of hydrogen-bond acceptors (Lipinski definition) is 8. The molecule has 0 aromatic heterocycles. The number of carbonyl (C=O) groups is 3. The van der Waals surface area contributed by atoms with Crippen molar-refractivity contribution >= 4 is 23.5 Å². The second kappa shape index (κ2) is 9.46. The third-order valence-corrected chi connectivity index (χ3v) is 3.84. The van der Waals surface area contributed by atoms with Gasteiger partial charge in [-0.25, -0.2) is 4.79 Å². The van der Waals surface area contributed by atoms with E-state index in [1.54, 1.807) is 20.8 Å². The molecule has 1 N–H and O–H groups in total. The van der Waals surface area contributed by atoms with Crippen LogP contribution in [0.15, 0.2) is 18.2 Å². The zero-order valence-electron chi connectivity index (χ0n) is 16.2. The first-order valence-electron chi connectivity index (χ1n) is 8.25. The van der Waals surface area contributed by atoms with Gasteiger partial charge in [0, 0.05) is 31.8 Å². The Morgan fingerprint density at radius 3 is 2.43 bits per heavy atom. The Balaban J connectivity index is 0.00000392. The average Bonchev–Trinajstić information content (AvgIpc) is 2.59. The van der Waals surface area contributed by atoms with Crippen molar-refractivity contribution in [2.75, 3.05) is 19.6 Å². The van der Waals surface area contributed by atoms with E-state index in [-0.39, 0.29) is 59.5 Å². The molecule has 1 fully saturated rings. The van der Waals surface area contributed by atoms with Crippen LogP contribution in [0.25, 0.3) is 0 Å². The van der Waals surface area contributed by atoms with E-state index in [2.05, 4.69) is 5.32 Å². The normalized spacial score (nSPS) is 16.7. The van der Waals surface area contributed by atoms with Crippen LogP contribution in [0.1, 0.15) is 41.5 Å². The molecule has 0 spiro atoms. The summed E-state index contributed by atoms with van der Waals surface area (Å²) in [5.74, 6) is -3.08. The quantitative estimate of drug-likeness (QED) is 0.240. The number of hydrogen-bond donors (Lipinski definition) is 1. The van der Waals surface area contributed by atoms with Gasteiger partial charge in [-0.3, -0.25) is 14.9 Å². The van der Waals surface area contributed by atoms with Crippen LogP contribution >= 0.6 is 0 Å². The van der Waals surface area contributed by atoms with Crippen molar-refractivity contribution in [2.24, 2.45) is 0 Å². The van der Waals surface area contributed by atoms with E-state index < -0.39 is 34.4 Å². The van der Waals surface area contributed by atoms with Crippen molar-refractivity contribution in [3.63, 3.8) is 0 Å². The Morgan fingerprint density at radius 2 is 1.89 bits per heavy atom. The molecule has 2 rings (SSSR count). The van der Waals surface area contributed by atoms with E-state index in [0.717, 1.165) is 23.1 Å². The topological polar surface area (TPSA) is 142 Å². The van der Waals surface area contributed by atoms with Crippen LogP contribution < -0.4 is 40.0 Å². The van der Waals surface area contributed by atoms with E-state index in [0.29, 0.717) is 6.54 Å². The average molecular weight is 401 g/mol. The minimum atomic E-state index is -1.43. The summed E-state index contributed by atoms with van der Waals surface area (Å²) in [6.07, 6.45) is 0. The maximum absolute atomic E-state index is 12.9. The van der Waals surface area contributed by atoms with Crippen LogP contribution in [0.3, 0.4) is 0 Å². The van der Waals surface area contributed by atoms with Gasteiger partial charge in [0.25, 0.3) is 11.6 Å². The summed E-state index contributed by atoms with van der Waals surface area (Å²) >= 11 is 0. The Bertz CT molecular complexity index is 791. The SMILES string of the molecule is CC(C)(C)OC(=O)c1cc([N+](=O)[O-])ccc1C(=O)N1CCNCC1C(=O)[O-].[Na+]. The summed E-state index contributed by atoms with van der Waals surface area (Å²) in [5.41, 5.74) is -1.73. The van der Waals surface area contributed by atoms with E-state index in [4.69, 9.17) is 4.74 Å². The third kappa shape index (κ3) is 5.74. The van der Waals surface area contributed by atoms with Crippen LogP contribution in [0, 0.1) is 10.1 Å². The van der Waals surface area contributed by atoms with E-state index in [1.807, 2.05) is 0 Å². The number of ether oxygens (including phenoxy) is 1. The second-order valence-corrected chi connectivity index (χ2v) is 7.03. The van der Waals surface area contributed by atoms with Gasteiger partial charge in [-0.15, -0.1) is 0 Å². The van der Waals surface area contributed by atoms with Gasteiger partial charge in [-0.05, 0) is 26.8 Å². The summed E-state index contributed by atoms with van der Waals surface area (Å²) in [5, 5.41) is 25.2. The van der Waals surface area contributed by atoms with Crippen LogP contribution in [0.5, 0.6) is 0 Å². The molecule has 146 valence electrons. The van der Waals surface area contributed by atoms with Gasteiger partial charge in [0.05, 0.1) is 28.1 Å². The molecule has 0 bridgehead atoms. The van der Waals surface area contributed by atoms with Crippen LogP contribution in [-0.4, -0.2) is 58.9 Å². The van der Waals surface area contributed by atoms with Gasteiger partial charge in [-0.1, -0.05) is 0 Å². The first-order chi connectivity index (χ1) is 12.5. The molecule has 1 aromatic rings. The molecular weight excluding hydrogens is 381 g/mol. The largest absolute Gasteiger partial charge is 1.00 e. The van der Waals surface area contributed by atoms with Crippen LogP contribution in [-0.2, 0) is 9.53 Å². The molecule has 1 unspecified atom stereocenters. The number of carboxylic acid groups (broad SMARTS) is 1. The van der Waals surface area contributed by atoms with Crippen molar-refractivity contribution in [2.45, 2.75) is 32.4 Å². The van der Waals surface area contributed by atoms with Crippen molar-refractivity contribution in [1.29, 1.82) is 0 Å². The molecule has 1 atom stereocenters. The Kier molecular flexibility index (Phi) is 8.12. The molecule has 1 aromatic carbocycles. The Hall–Kier alpha value is -2.01. The van der Waals surface area contributed by atoms with Crippen LogP contribution in [0.4, 0.5) is 5.69 Å². The number of aliphatic carboxylic acids is 1. The number of piperazine rings is 1. The molecule has 11 heteroatoms. The Labute approximate surface area is 183 Å². The smallest absolute Gasteiger partial charge is 0.548 e. The summed E-state index contributed by atoms with van der Waals surface area (Å²) in [4.78, 5) is 48.2. The summed E-state index contributed by atoms with van der Waals surface area (Å²) < 4.78 is 5.24. The van der Waals surface area contributed by atoms with E-state index in [9.17, 15) is 29.6 Å². The fourth-order valence-electron chi connectivity index (χ4n) is 2.65. The molecule has 1 aliphatic rings. The third-order valence-electron chi connectivity index (χ3n) is 3.84. The second-order valence-electron chi connectivity index (χ2n) is 7.03. The van der Waals surface area contributed by atoms with E-state index >= 15 is 0 Å². The van der Waals surface area contributed by atoms with Gasteiger partial charge < -0.3 is 24.9 Å². The molecule has 1 amide bonds. The molecule has 0 radical (unpaired) electrons. The number of rotatable bonds is 4. The van der Waals surface area contributed by atoms with Gasteiger partial charge in [0.2, 0.25) is 0 Å². The van der Waals surface area contributed by atoms with Crippen molar-refractivity contribution < 1.29 is 58.7 Å². The van der Waals surface area contributed by atoms with Crippen molar-refractivity contribution in [3.05, 3.63) is 39.4 Å². The molecule has 1 saturated heterocycles. The number of non-ortho nitro benzene ring substituents is 1. The number of esters is 1. The van der Waals surface area contributed by atoms with Gasteiger partial charge in [0.15, 0.2) is 0 Å². The number of nitro benzene ring substituents is 1. The number of nitrogens with zero attached hydrogens (tertiary/aromatic N) is 2. The number of carboxylic acids is 1. The minimum Gasteiger partial charge on any atom is -0.548 e. The fourth-order valence-corrected chi connectivity index (χ4v) is 2.65. The standard InChI is InChI=1S/C17H21N3O7.Na/c1-17(2,3)27-16(24)12-8-10(20(25)26)4-5-11(12)14(21)19-7-6-18-9-13(19)15(22)23;/h4-5,8,13,18H,6-7,9H2,1-3H3,(H,22,23);/q;+1/p-1. The maximum atomic E-state index is 12.9. The molecular formula is C17H20N3NaO7. The fraction of sp³-hybridized carbons (Fsp3) is 0.471. The molecule has 28 heavy (non-hydrogen) atoms. The first kappa shape index (κ1) is 24.0. The predicted octanol–water partition coefficient (Wildman–Crippen LogP) is -3.28. The molecule has 10 nitrogen and oxygen atoms in total. The van der Waals surface area contributed by atoms with E-state index in [1.165, 1.54) is 0 Å². The summed E-state index contributed by atoms with van der Waals surface area (Å²) in [6, 6.07) is 1.95. The minimum absolute atomic E-state index is 0. The zero-order chi connectivity index (χ0) is 20.4. The van der Waals surface area contributed by atoms with Crippen LogP contribution in [0.2, 0.25) is 0 Å². The number of nitrogens with one attached hydrogen (secondary N) is 1. The molecule has 0 aliphatic carbocycles. The Morgan fingerprint density at radius 1 is 1.25 bits per heavy atom. The number of carbonyl (C=O) groups excluding carboxylic acids is 3. The van der Waals surface area contributed by atoms with Gasteiger partial charge in [-0.2, -0.15) is 0 Å². The number of amides is 1.